The molecule has 0 saturated carbocycles. The molecule has 4 aromatic carbocycles. The molecule has 4 fully saturated rings. The Kier molecular flexibility index (Phi) is 19.1. The minimum Gasteiger partial charge on any atom is -0.457 e. The molecule has 4 aliphatic heterocycles. The number of amides is 2. The van der Waals surface area contributed by atoms with Gasteiger partial charge in [0.1, 0.15) is 51.8 Å². The number of nitrogens with zero attached hydrogens (tertiary/aromatic N) is 10. The summed E-state index contributed by atoms with van der Waals surface area (Å²) >= 11 is 0. The number of rotatable bonds is 22. The third kappa shape index (κ3) is 14.3. The molecule has 3 aromatic heterocycles. The van der Waals surface area contributed by atoms with E-state index in [9.17, 15) is 9.59 Å². The molecular formula is C67H80N14O5. The fourth-order valence-electron chi connectivity index (χ4n) is 11.9. The normalized spacial score (nSPS) is 18.9. The zero-order valence-corrected chi connectivity index (χ0v) is 49.9. The van der Waals surface area contributed by atoms with Crippen LogP contribution < -0.4 is 25.8 Å². The van der Waals surface area contributed by atoms with Crippen LogP contribution in [0.15, 0.2) is 145 Å². The van der Waals surface area contributed by atoms with E-state index in [1.807, 2.05) is 147 Å². The first-order valence-corrected chi connectivity index (χ1v) is 30.4. The van der Waals surface area contributed by atoms with Gasteiger partial charge < -0.3 is 45.8 Å². The van der Waals surface area contributed by atoms with Crippen LogP contribution in [0.25, 0.3) is 33.5 Å². The Labute approximate surface area is 504 Å². The topological polar surface area (TPSA) is 210 Å². The lowest BCUT2D eigenvalue weighted by Gasteiger charge is -2.33. The highest BCUT2D eigenvalue weighted by Gasteiger charge is 2.33. The Hall–Kier alpha value is -8.49. The number of anilines is 2. The summed E-state index contributed by atoms with van der Waals surface area (Å²) in [5, 5.41) is 27.3. The molecular weight excluding hydrogens is 1080 g/mol. The van der Waals surface area contributed by atoms with Crippen molar-refractivity contribution >= 4 is 40.2 Å². The van der Waals surface area contributed by atoms with Crippen LogP contribution in [0.5, 0.6) is 23.0 Å². The summed E-state index contributed by atoms with van der Waals surface area (Å²) in [6.45, 7) is 13.2. The van der Waals surface area contributed by atoms with Crippen molar-refractivity contribution in [1.29, 1.82) is 5.41 Å². The van der Waals surface area contributed by atoms with Crippen molar-refractivity contribution < 1.29 is 23.8 Å². The lowest BCUT2D eigenvalue weighted by atomic mass is 10.0. The third-order valence-electron chi connectivity index (χ3n) is 16.9. The van der Waals surface area contributed by atoms with E-state index < -0.39 is 0 Å². The molecule has 0 spiro atoms. The fraction of sp³-hybridized carbons (Fsp3) is 0.388. The molecule has 7 heterocycles. The summed E-state index contributed by atoms with van der Waals surface area (Å²) in [5.74, 6) is 4.63. The van der Waals surface area contributed by atoms with Crippen LogP contribution in [-0.4, -0.2) is 151 Å². The molecule has 7 aromatic rings. The molecule has 0 radical (unpaired) electrons. The average Bonchev–Trinajstić information content (AvgIpc) is 4.27. The SMILES string of the molecule is CCC(C)=CNc1c(C(C)=N)c(-c2ccc(Oc3ccccc3)cc2)nn1C1CCCN(C(=O)C=CCNC2CCN(Cc3nc(N)c4c(-c5ccc(Oc6ccccc6)cc5)nn(C5CCN(C(=O)C=CCN(C)C6CCOC6)C5)c4n3)CC2)C1. The molecule has 4 saturated heterocycles. The summed E-state index contributed by atoms with van der Waals surface area (Å²) in [6.07, 6.45) is 15.4. The number of hydrogen-bond acceptors (Lipinski definition) is 15. The van der Waals surface area contributed by atoms with Crippen LogP contribution >= 0.6 is 0 Å². The van der Waals surface area contributed by atoms with E-state index in [4.69, 9.17) is 45.5 Å². The van der Waals surface area contributed by atoms with Gasteiger partial charge in [-0.3, -0.25) is 19.4 Å². The first kappa shape index (κ1) is 59.2. The number of benzene rings is 4. The van der Waals surface area contributed by atoms with Gasteiger partial charge in [-0.15, -0.1) is 0 Å². The lowest BCUT2D eigenvalue weighted by Crippen LogP contribution is -2.42. The molecule has 0 aliphatic carbocycles. The Bertz CT molecular complexity index is 3550. The van der Waals surface area contributed by atoms with Gasteiger partial charge in [0.15, 0.2) is 5.65 Å². The number of aromatic nitrogens is 6. The molecule has 19 nitrogen and oxygen atoms in total. The highest BCUT2D eigenvalue weighted by atomic mass is 16.5. The minimum absolute atomic E-state index is 0.0130. The predicted molar refractivity (Wildman–Crippen MR) is 338 cm³/mol. The van der Waals surface area contributed by atoms with Crippen molar-refractivity contribution in [2.24, 2.45) is 0 Å². The van der Waals surface area contributed by atoms with Gasteiger partial charge >= 0.3 is 0 Å². The largest absolute Gasteiger partial charge is 0.457 e. The zero-order chi connectivity index (χ0) is 59.5. The maximum absolute atomic E-state index is 13.9. The number of nitrogen functional groups attached to an aromatic ring is 1. The summed E-state index contributed by atoms with van der Waals surface area (Å²) in [6, 6.07) is 35.5. The number of likely N-dealkylation sites (tertiary alicyclic amines) is 3. The minimum atomic E-state index is -0.111. The number of fused-ring (bicyclic) bond motifs is 1. The highest BCUT2D eigenvalue weighted by Crippen LogP contribution is 2.38. The number of nitrogens with one attached hydrogen (secondary N) is 3. The maximum Gasteiger partial charge on any atom is 0.246 e. The second kappa shape index (κ2) is 27.7. The van der Waals surface area contributed by atoms with Gasteiger partial charge in [-0.25, -0.2) is 19.3 Å². The van der Waals surface area contributed by atoms with Gasteiger partial charge in [0.05, 0.1) is 36.2 Å². The lowest BCUT2D eigenvalue weighted by molar-refractivity contribution is -0.127. The van der Waals surface area contributed by atoms with Crippen molar-refractivity contribution in [2.75, 3.05) is 83.7 Å². The van der Waals surface area contributed by atoms with Crippen LogP contribution in [0.1, 0.15) is 89.2 Å². The van der Waals surface area contributed by atoms with Crippen molar-refractivity contribution in [2.45, 2.75) is 96.4 Å². The summed E-state index contributed by atoms with van der Waals surface area (Å²) < 4.78 is 21.7. The summed E-state index contributed by atoms with van der Waals surface area (Å²) in [4.78, 5) is 46.0. The predicted octanol–water partition coefficient (Wildman–Crippen LogP) is 10.7. The average molecular weight is 1160 g/mol. The quantitative estimate of drug-likeness (QED) is 0.0368. The third-order valence-corrected chi connectivity index (χ3v) is 16.9. The number of allylic oxidation sites excluding steroid dienone is 1. The molecule has 86 heavy (non-hydrogen) atoms. The molecule has 11 rings (SSSR count). The van der Waals surface area contributed by atoms with Crippen LogP contribution in [0.3, 0.4) is 0 Å². The highest BCUT2D eigenvalue weighted by molar-refractivity contribution is 6.06. The van der Waals surface area contributed by atoms with Crippen molar-refractivity contribution in [3.8, 4) is 45.5 Å². The van der Waals surface area contributed by atoms with Crippen LogP contribution in [0, 0.1) is 5.41 Å². The maximum atomic E-state index is 13.9. The van der Waals surface area contributed by atoms with Crippen LogP contribution in [0.4, 0.5) is 11.6 Å². The van der Waals surface area contributed by atoms with Crippen molar-refractivity contribution in [1.82, 2.24) is 54.4 Å². The molecule has 19 heteroatoms. The van der Waals surface area contributed by atoms with E-state index in [1.165, 1.54) is 5.57 Å². The van der Waals surface area contributed by atoms with Gasteiger partial charge in [0, 0.05) is 106 Å². The number of para-hydroxylation sites is 2. The molecule has 5 N–H and O–H groups in total. The molecule has 448 valence electrons. The van der Waals surface area contributed by atoms with Gasteiger partial charge in [-0.05, 0) is 139 Å². The van der Waals surface area contributed by atoms with Gasteiger partial charge in [-0.2, -0.15) is 10.2 Å². The number of likely N-dealkylation sites (N-methyl/N-ethyl adjacent to an activating group) is 1. The molecule has 3 atom stereocenters. The van der Waals surface area contributed by atoms with Gasteiger partial charge in [0.25, 0.3) is 0 Å². The second-order valence-electron chi connectivity index (χ2n) is 23.1. The number of carbonyl (C=O) groups is 2. The van der Waals surface area contributed by atoms with E-state index in [1.54, 1.807) is 19.1 Å². The van der Waals surface area contributed by atoms with E-state index in [0.29, 0.717) is 103 Å². The standard InChI is InChI=1S/C67H80N14O5/c1-5-46(2)41-71-66-61(47(3)68)63(48-22-26-56(27-23-48)85-54-16-8-6-9-17-54)74-80(66)51-15-13-36-78(42-51)59(82)20-12-34-70-50-30-37-77(38-31-50)44-58-72-65(69)62-64(49-24-28-57(29-25-49)86-55-18-10-7-11-19-55)75-81(67(62)73-58)52-32-39-79(43-52)60(83)21-14-35-76(4)53-33-40-84-45-53/h6-12,14,16-29,41,50-53,68,70-71H,5,13,15,30-40,42-45H2,1-4H3,(H2,69,72,73). The van der Waals surface area contributed by atoms with E-state index in [-0.39, 0.29) is 29.9 Å². The first-order chi connectivity index (χ1) is 41.9. The number of ether oxygens (including phenoxy) is 3. The van der Waals surface area contributed by atoms with E-state index in [2.05, 4.69) is 41.3 Å². The molecule has 0 bridgehead atoms. The Morgan fingerprint density at radius 2 is 1.34 bits per heavy atom. The van der Waals surface area contributed by atoms with Crippen LogP contribution in [0.2, 0.25) is 0 Å². The molecule has 2 amide bonds. The molecule has 3 unspecified atom stereocenters. The Morgan fingerprint density at radius 1 is 0.733 bits per heavy atom. The summed E-state index contributed by atoms with van der Waals surface area (Å²) in [7, 11) is 2.07. The van der Waals surface area contributed by atoms with Crippen molar-refractivity contribution in [3.63, 3.8) is 0 Å². The fourth-order valence-corrected chi connectivity index (χ4v) is 11.9. The number of hydrogen-bond donors (Lipinski definition) is 4. The Balaban J connectivity index is 0.717. The number of carbonyl (C=O) groups excluding carboxylic acids is 2. The van der Waals surface area contributed by atoms with Crippen molar-refractivity contribution in [3.05, 3.63) is 157 Å². The smallest absolute Gasteiger partial charge is 0.246 e. The number of piperidine rings is 2. The van der Waals surface area contributed by atoms with E-state index >= 15 is 0 Å². The monoisotopic (exact) mass is 1160 g/mol. The van der Waals surface area contributed by atoms with E-state index in [0.717, 1.165) is 105 Å². The van der Waals surface area contributed by atoms with Gasteiger partial charge in [-0.1, -0.05) is 61.0 Å². The Morgan fingerprint density at radius 3 is 1.97 bits per heavy atom. The molecule has 4 aliphatic rings. The number of nitrogens with two attached hydrogens (primary N) is 1. The zero-order valence-electron chi connectivity index (χ0n) is 49.9. The summed E-state index contributed by atoms with van der Waals surface area (Å²) in [5.41, 5.74) is 13.0. The van der Waals surface area contributed by atoms with Crippen LogP contribution in [-0.2, 0) is 20.9 Å². The first-order valence-electron chi connectivity index (χ1n) is 30.4. The second-order valence-corrected chi connectivity index (χ2v) is 23.1. The van der Waals surface area contributed by atoms with Gasteiger partial charge in [0.2, 0.25) is 11.8 Å².